The highest BCUT2D eigenvalue weighted by atomic mass is 32.2. The highest BCUT2D eigenvalue weighted by Crippen LogP contribution is 2.03. The van der Waals surface area contributed by atoms with Crippen molar-refractivity contribution in [1.29, 1.82) is 0 Å². The van der Waals surface area contributed by atoms with Gasteiger partial charge in [-0.2, -0.15) is 11.8 Å². The zero-order valence-corrected chi connectivity index (χ0v) is 9.37. The number of nitrogens with one attached hydrogen (secondary N) is 1. The summed E-state index contributed by atoms with van der Waals surface area (Å²) in [6.07, 6.45) is -0.214. The molecule has 0 amide bonds. The van der Waals surface area contributed by atoms with Crippen molar-refractivity contribution in [2.45, 2.75) is 39.3 Å². The summed E-state index contributed by atoms with van der Waals surface area (Å²) in [6.45, 7) is 9.11. The SMILES string of the molecule is CCSCC(O)CNC(C)(C)C. The standard InChI is InChI=1S/C9H21NOS/c1-5-12-7-8(11)6-10-9(2,3)4/h8,10-11H,5-7H2,1-4H3. The van der Waals surface area contributed by atoms with Crippen LogP contribution in [-0.4, -0.2) is 34.8 Å². The Morgan fingerprint density at radius 1 is 1.42 bits per heavy atom. The zero-order chi connectivity index (χ0) is 9.61. The Morgan fingerprint density at radius 3 is 2.42 bits per heavy atom. The van der Waals surface area contributed by atoms with Crippen LogP contribution in [0.1, 0.15) is 27.7 Å². The fourth-order valence-corrected chi connectivity index (χ4v) is 1.36. The average molecular weight is 191 g/mol. The third-order valence-electron chi connectivity index (χ3n) is 1.38. The van der Waals surface area contributed by atoms with E-state index in [1.807, 2.05) is 0 Å². The fourth-order valence-electron chi connectivity index (χ4n) is 0.737. The molecule has 0 saturated heterocycles. The van der Waals surface area contributed by atoms with Crippen LogP contribution in [0.5, 0.6) is 0 Å². The summed E-state index contributed by atoms with van der Waals surface area (Å²) in [4.78, 5) is 0. The lowest BCUT2D eigenvalue weighted by molar-refractivity contribution is 0.183. The van der Waals surface area contributed by atoms with Crippen LogP contribution < -0.4 is 5.32 Å². The first-order valence-electron chi connectivity index (χ1n) is 4.46. The van der Waals surface area contributed by atoms with Crippen LogP contribution in [0, 0.1) is 0 Å². The van der Waals surface area contributed by atoms with E-state index in [0.29, 0.717) is 6.54 Å². The topological polar surface area (TPSA) is 32.3 Å². The molecule has 1 atom stereocenters. The van der Waals surface area contributed by atoms with Crippen LogP contribution in [0.4, 0.5) is 0 Å². The summed E-state index contributed by atoms with van der Waals surface area (Å²) in [6, 6.07) is 0. The van der Waals surface area contributed by atoms with Gasteiger partial charge in [0.05, 0.1) is 6.10 Å². The van der Waals surface area contributed by atoms with Crippen LogP contribution in [0.2, 0.25) is 0 Å². The first kappa shape index (κ1) is 12.3. The quantitative estimate of drug-likeness (QED) is 0.690. The van der Waals surface area contributed by atoms with Crippen LogP contribution in [0.15, 0.2) is 0 Å². The summed E-state index contributed by atoms with van der Waals surface area (Å²) in [5, 5.41) is 12.7. The third-order valence-corrected chi connectivity index (χ3v) is 2.41. The van der Waals surface area contributed by atoms with Gasteiger partial charge in [-0.05, 0) is 26.5 Å². The van der Waals surface area contributed by atoms with Gasteiger partial charge in [0.2, 0.25) is 0 Å². The molecule has 0 aromatic rings. The normalized spacial score (nSPS) is 14.8. The lowest BCUT2D eigenvalue weighted by atomic mass is 10.1. The predicted molar refractivity (Wildman–Crippen MR) is 56.8 cm³/mol. The maximum absolute atomic E-state index is 9.46. The van der Waals surface area contributed by atoms with Crippen molar-refractivity contribution >= 4 is 11.8 Å². The van der Waals surface area contributed by atoms with E-state index in [-0.39, 0.29) is 11.6 Å². The summed E-state index contributed by atoms with van der Waals surface area (Å²) in [7, 11) is 0. The Balaban J connectivity index is 3.37. The molecule has 0 rings (SSSR count). The highest BCUT2D eigenvalue weighted by Gasteiger charge is 2.11. The first-order chi connectivity index (χ1) is 5.45. The Bertz CT molecular complexity index is 112. The molecule has 0 aliphatic carbocycles. The molecule has 12 heavy (non-hydrogen) atoms. The Hall–Kier alpha value is 0.270. The number of aliphatic hydroxyl groups excluding tert-OH is 1. The zero-order valence-electron chi connectivity index (χ0n) is 8.55. The largest absolute Gasteiger partial charge is 0.391 e. The van der Waals surface area contributed by atoms with E-state index in [2.05, 4.69) is 33.0 Å². The van der Waals surface area contributed by atoms with Gasteiger partial charge >= 0.3 is 0 Å². The van der Waals surface area contributed by atoms with Crippen molar-refractivity contribution in [3.63, 3.8) is 0 Å². The highest BCUT2D eigenvalue weighted by molar-refractivity contribution is 7.99. The molecule has 0 bridgehead atoms. The fraction of sp³-hybridized carbons (Fsp3) is 1.00. The molecule has 2 nitrogen and oxygen atoms in total. The Labute approximate surface area is 80.1 Å². The second-order valence-corrected chi connectivity index (χ2v) is 5.26. The van der Waals surface area contributed by atoms with Crippen LogP contribution in [0.25, 0.3) is 0 Å². The van der Waals surface area contributed by atoms with E-state index in [4.69, 9.17) is 0 Å². The van der Waals surface area contributed by atoms with Crippen molar-refractivity contribution in [2.75, 3.05) is 18.1 Å². The number of thioether (sulfide) groups is 1. The molecule has 1 unspecified atom stereocenters. The average Bonchev–Trinajstić information content (AvgIpc) is 1.95. The number of hydrogen-bond acceptors (Lipinski definition) is 3. The smallest absolute Gasteiger partial charge is 0.0755 e. The summed E-state index contributed by atoms with van der Waals surface area (Å²) < 4.78 is 0. The molecule has 3 heteroatoms. The van der Waals surface area contributed by atoms with Crippen LogP contribution >= 0.6 is 11.8 Å². The number of hydrogen-bond donors (Lipinski definition) is 2. The number of β-amino-alcohol motifs (C(OH)–C–C–N with tert-alkyl or cyclic N) is 1. The molecule has 2 N–H and O–H groups in total. The molecule has 0 aromatic carbocycles. The van der Waals surface area contributed by atoms with Crippen molar-refractivity contribution < 1.29 is 5.11 Å². The van der Waals surface area contributed by atoms with Crippen molar-refractivity contribution in [3.8, 4) is 0 Å². The third kappa shape index (κ3) is 8.37. The molecule has 0 aliphatic heterocycles. The number of aliphatic hydroxyl groups is 1. The van der Waals surface area contributed by atoms with Gasteiger partial charge in [-0.3, -0.25) is 0 Å². The van der Waals surface area contributed by atoms with Crippen LogP contribution in [-0.2, 0) is 0 Å². The molecule has 0 heterocycles. The van der Waals surface area contributed by atoms with Gasteiger partial charge in [0.25, 0.3) is 0 Å². The molecule has 0 fully saturated rings. The Morgan fingerprint density at radius 2 is 2.00 bits per heavy atom. The Kier molecular flexibility index (Phi) is 5.97. The van der Waals surface area contributed by atoms with E-state index in [9.17, 15) is 5.11 Å². The summed E-state index contributed by atoms with van der Waals surface area (Å²) >= 11 is 1.78. The van der Waals surface area contributed by atoms with Gasteiger partial charge in [-0.15, -0.1) is 0 Å². The van der Waals surface area contributed by atoms with Gasteiger partial charge in [0.1, 0.15) is 0 Å². The molecule has 0 spiro atoms. The lowest BCUT2D eigenvalue weighted by Gasteiger charge is -2.22. The van der Waals surface area contributed by atoms with Gasteiger partial charge < -0.3 is 10.4 Å². The van der Waals surface area contributed by atoms with Crippen LogP contribution in [0.3, 0.4) is 0 Å². The van der Waals surface area contributed by atoms with E-state index in [0.717, 1.165) is 11.5 Å². The molecule has 0 saturated carbocycles. The van der Waals surface area contributed by atoms with E-state index < -0.39 is 0 Å². The lowest BCUT2D eigenvalue weighted by Crippen LogP contribution is -2.41. The molecule has 0 radical (unpaired) electrons. The van der Waals surface area contributed by atoms with Crippen molar-refractivity contribution in [2.24, 2.45) is 0 Å². The second-order valence-electron chi connectivity index (χ2n) is 3.94. The van der Waals surface area contributed by atoms with Crippen molar-refractivity contribution in [1.82, 2.24) is 5.32 Å². The van der Waals surface area contributed by atoms with Gasteiger partial charge in [-0.25, -0.2) is 0 Å². The maximum atomic E-state index is 9.46. The maximum Gasteiger partial charge on any atom is 0.0755 e. The minimum absolute atomic E-state index is 0.109. The first-order valence-corrected chi connectivity index (χ1v) is 5.62. The molecule has 74 valence electrons. The molecular formula is C9H21NOS. The predicted octanol–water partition coefficient (Wildman–Crippen LogP) is 1.49. The second kappa shape index (κ2) is 5.84. The summed E-state index contributed by atoms with van der Waals surface area (Å²) in [5.41, 5.74) is 0.109. The van der Waals surface area contributed by atoms with E-state index in [1.165, 1.54) is 0 Å². The molecule has 0 aliphatic rings. The monoisotopic (exact) mass is 191 g/mol. The molecular weight excluding hydrogens is 170 g/mol. The van der Waals surface area contributed by atoms with Gasteiger partial charge in [0, 0.05) is 17.8 Å². The van der Waals surface area contributed by atoms with Crippen molar-refractivity contribution in [3.05, 3.63) is 0 Å². The van der Waals surface area contributed by atoms with E-state index >= 15 is 0 Å². The minimum Gasteiger partial charge on any atom is -0.391 e. The van der Waals surface area contributed by atoms with Gasteiger partial charge in [-0.1, -0.05) is 6.92 Å². The molecule has 0 aromatic heterocycles. The van der Waals surface area contributed by atoms with Gasteiger partial charge in [0.15, 0.2) is 0 Å². The van der Waals surface area contributed by atoms with E-state index in [1.54, 1.807) is 11.8 Å². The number of rotatable bonds is 5. The summed E-state index contributed by atoms with van der Waals surface area (Å²) in [5.74, 6) is 1.91. The minimum atomic E-state index is -0.214.